The van der Waals surface area contributed by atoms with Crippen molar-refractivity contribution >= 4 is 40.9 Å². The summed E-state index contributed by atoms with van der Waals surface area (Å²) in [5, 5.41) is 6.32. The molecule has 1 spiro atoms. The molecular formula is C24H23ClN4O4. The Hall–Kier alpha value is -3.23. The first-order valence-corrected chi connectivity index (χ1v) is 11.2. The molecule has 3 heterocycles. The minimum atomic E-state index is -1.50. The molecule has 0 bridgehead atoms. The van der Waals surface area contributed by atoms with Gasteiger partial charge >= 0.3 is 0 Å². The number of primary amides is 1. The van der Waals surface area contributed by atoms with Gasteiger partial charge in [0, 0.05) is 24.6 Å². The van der Waals surface area contributed by atoms with Crippen LogP contribution in [-0.4, -0.2) is 41.1 Å². The summed E-state index contributed by atoms with van der Waals surface area (Å²) in [6.07, 6.45) is 0.322. The van der Waals surface area contributed by atoms with Gasteiger partial charge in [0.25, 0.3) is 0 Å². The van der Waals surface area contributed by atoms with Gasteiger partial charge < -0.3 is 11.1 Å². The number of hydrogen-bond donors (Lipinski definition) is 3. The number of carbonyl (C=O) groups is 4. The number of fused-ring (bicyclic) bond motifs is 4. The van der Waals surface area contributed by atoms with E-state index in [1.807, 2.05) is 37.3 Å². The SMILES string of the molecule is Cc1cc(Cl)c2c(c1)[C@]1(N[C@@H](CC(N)=O)[C@H]3C(=O)N(CCc4ccccc4)C(=O)[C@@H]31)C(=O)N2. The molecule has 4 N–H and O–H groups in total. The molecule has 3 aliphatic rings. The molecule has 0 aliphatic carbocycles. The summed E-state index contributed by atoms with van der Waals surface area (Å²) >= 11 is 6.40. The van der Waals surface area contributed by atoms with E-state index >= 15 is 0 Å². The quantitative estimate of drug-likeness (QED) is 0.576. The number of nitrogens with zero attached hydrogens (tertiary/aromatic N) is 1. The molecular weight excluding hydrogens is 444 g/mol. The summed E-state index contributed by atoms with van der Waals surface area (Å²) in [7, 11) is 0. The molecule has 2 fully saturated rings. The van der Waals surface area contributed by atoms with Gasteiger partial charge in [0.15, 0.2) is 0 Å². The molecule has 2 saturated heterocycles. The van der Waals surface area contributed by atoms with Crippen molar-refractivity contribution in [1.29, 1.82) is 0 Å². The summed E-state index contributed by atoms with van der Waals surface area (Å²) in [6.45, 7) is 2.03. The molecule has 5 rings (SSSR count). The number of nitrogens with one attached hydrogen (secondary N) is 2. The fraction of sp³-hybridized carbons (Fsp3) is 0.333. The minimum Gasteiger partial charge on any atom is -0.370 e. The number of nitrogens with two attached hydrogens (primary N) is 1. The lowest BCUT2D eigenvalue weighted by molar-refractivity contribution is -0.142. The van der Waals surface area contributed by atoms with Gasteiger partial charge in [-0.2, -0.15) is 0 Å². The first kappa shape index (κ1) is 21.6. The first-order chi connectivity index (χ1) is 15.7. The van der Waals surface area contributed by atoms with Crippen LogP contribution in [0.1, 0.15) is 23.1 Å². The van der Waals surface area contributed by atoms with Crippen LogP contribution < -0.4 is 16.4 Å². The predicted molar refractivity (Wildman–Crippen MR) is 121 cm³/mol. The van der Waals surface area contributed by atoms with Gasteiger partial charge in [0.1, 0.15) is 5.54 Å². The van der Waals surface area contributed by atoms with Crippen LogP contribution in [0.2, 0.25) is 5.02 Å². The molecule has 170 valence electrons. The van der Waals surface area contributed by atoms with Crippen molar-refractivity contribution < 1.29 is 19.2 Å². The number of anilines is 1. The number of likely N-dealkylation sites (tertiary alicyclic amines) is 1. The molecule has 33 heavy (non-hydrogen) atoms. The topological polar surface area (TPSA) is 122 Å². The monoisotopic (exact) mass is 466 g/mol. The third-order valence-electron chi connectivity index (χ3n) is 6.90. The highest BCUT2D eigenvalue weighted by molar-refractivity contribution is 6.35. The number of halogens is 1. The second kappa shape index (κ2) is 7.67. The van der Waals surface area contributed by atoms with Gasteiger partial charge in [0.2, 0.25) is 23.6 Å². The first-order valence-electron chi connectivity index (χ1n) is 10.8. The van der Waals surface area contributed by atoms with Gasteiger partial charge in [-0.15, -0.1) is 0 Å². The third-order valence-corrected chi connectivity index (χ3v) is 7.20. The second-order valence-corrected chi connectivity index (χ2v) is 9.33. The van der Waals surface area contributed by atoms with Crippen molar-refractivity contribution in [2.45, 2.75) is 31.3 Å². The predicted octanol–water partition coefficient (Wildman–Crippen LogP) is 1.49. The normalized spacial score (nSPS) is 27.8. The maximum Gasteiger partial charge on any atom is 0.250 e. The summed E-state index contributed by atoms with van der Waals surface area (Å²) < 4.78 is 0. The Morgan fingerprint density at radius 3 is 2.58 bits per heavy atom. The largest absolute Gasteiger partial charge is 0.370 e. The van der Waals surface area contributed by atoms with E-state index in [1.165, 1.54) is 4.90 Å². The average molecular weight is 467 g/mol. The van der Waals surface area contributed by atoms with E-state index in [0.29, 0.717) is 22.7 Å². The summed E-state index contributed by atoms with van der Waals surface area (Å²) in [5.41, 5.74) is 6.70. The molecule has 2 aromatic carbocycles. The minimum absolute atomic E-state index is 0.170. The maximum absolute atomic E-state index is 13.7. The Morgan fingerprint density at radius 2 is 1.88 bits per heavy atom. The van der Waals surface area contributed by atoms with Crippen LogP contribution in [0.25, 0.3) is 0 Å². The van der Waals surface area contributed by atoms with Crippen molar-refractivity contribution in [3.05, 3.63) is 64.2 Å². The number of hydrogen-bond acceptors (Lipinski definition) is 5. The highest BCUT2D eigenvalue weighted by Crippen LogP contribution is 2.54. The van der Waals surface area contributed by atoms with Crippen LogP contribution in [0, 0.1) is 18.8 Å². The fourth-order valence-corrected chi connectivity index (χ4v) is 5.87. The zero-order valence-corrected chi connectivity index (χ0v) is 18.7. The molecule has 0 saturated carbocycles. The van der Waals surface area contributed by atoms with Gasteiger partial charge in [-0.25, -0.2) is 0 Å². The lowest BCUT2D eigenvalue weighted by Crippen LogP contribution is -2.53. The van der Waals surface area contributed by atoms with Crippen molar-refractivity contribution in [1.82, 2.24) is 10.2 Å². The highest BCUT2D eigenvalue weighted by atomic mass is 35.5. The molecule has 0 unspecified atom stereocenters. The van der Waals surface area contributed by atoms with Crippen LogP contribution in [0.4, 0.5) is 5.69 Å². The molecule has 0 aromatic heterocycles. The number of amides is 4. The Kier molecular flexibility index (Phi) is 5.02. The highest BCUT2D eigenvalue weighted by Gasteiger charge is 2.70. The van der Waals surface area contributed by atoms with Crippen molar-refractivity contribution in [3.8, 4) is 0 Å². The Morgan fingerprint density at radius 1 is 1.15 bits per heavy atom. The molecule has 8 nitrogen and oxygen atoms in total. The maximum atomic E-state index is 13.7. The third kappa shape index (κ3) is 3.16. The summed E-state index contributed by atoms with van der Waals surface area (Å²) in [5.74, 6) is -3.77. The standard InChI is InChI=1S/C24H23ClN4O4/c1-12-9-14-20(15(25)10-12)27-23(33)24(14)19-18(16(28-24)11-17(26)30)21(31)29(22(19)32)8-7-13-5-3-2-4-6-13/h2-6,9-10,16,18-19,28H,7-8,11H2,1H3,(H2,26,30)(H,27,33)/t16-,18+,19+,24+/m0/s1. The van der Waals surface area contributed by atoms with E-state index in [4.69, 9.17) is 17.3 Å². The fourth-order valence-electron chi connectivity index (χ4n) is 5.55. The molecule has 9 heteroatoms. The molecule has 4 atom stereocenters. The number of rotatable bonds is 5. The zero-order chi connectivity index (χ0) is 23.5. The number of benzene rings is 2. The average Bonchev–Trinajstić information content (AvgIpc) is 3.33. The van der Waals surface area contributed by atoms with E-state index in [0.717, 1.165) is 11.1 Å². The molecule has 2 aromatic rings. The Labute approximate surface area is 195 Å². The van der Waals surface area contributed by atoms with Gasteiger partial charge in [-0.1, -0.05) is 48.0 Å². The Balaban J connectivity index is 1.57. The zero-order valence-electron chi connectivity index (χ0n) is 17.9. The number of imide groups is 1. The summed E-state index contributed by atoms with van der Waals surface area (Å²) in [6, 6.07) is 12.3. The van der Waals surface area contributed by atoms with Crippen LogP contribution in [0.5, 0.6) is 0 Å². The van der Waals surface area contributed by atoms with Gasteiger partial charge in [-0.05, 0) is 30.5 Å². The van der Waals surface area contributed by atoms with Crippen molar-refractivity contribution in [3.63, 3.8) is 0 Å². The van der Waals surface area contributed by atoms with Crippen molar-refractivity contribution in [2.75, 3.05) is 11.9 Å². The molecule has 4 amide bonds. The van der Waals surface area contributed by atoms with Crippen molar-refractivity contribution in [2.24, 2.45) is 17.6 Å². The molecule has 3 aliphatic heterocycles. The molecule has 0 radical (unpaired) electrons. The van der Waals surface area contributed by atoms with Gasteiger partial charge in [0.05, 0.1) is 22.5 Å². The lowest BCUT2D eigenvalue weighted by Gasteiger charge is -2.29. The smallest absolute Gasteiger partial charge is 0.250 e. The van der Waals surface area contributed by atoms with E-state index in [9.17, 15) is 19.2 Å². The second-order valence-electron chi connectivity index (χ2n) is 8.92. The Bertz CT molecular complexity index is 1200. The number of carbonyl (C=O) groups excluding carboxylic acids is 4. The van der Waals surface area contributed by atoms with E-state index in [2.05, 4.69) is 10.6 Å². The lowest BCUT2D eigenvalue weighted by atomic mass is 9.76. The number of aryl methyl sites for hydroxylation is 1. The van der Waals surface area contributed by atoms with E-state index in [-0.39, 0.29) is 13.0 Å². The van der Waals surface area contributed by atoms with E-state index in [1.54, 1.807) is 12.1 Å². The summed E-state index contributed by atoms with van der Waals surface area (Å²) in [4.78, 5) is 53.6. The van der Waals surface area contributed by atoms with Crippen LogP contribution >= 0.6 is 11.6 Å². The van der Waals surface area contributed by atoms with Gasteiger partial charge in [-0.3, -0.25) is 29.4 Å². The van der Waals surface area contributed by atoms with Crippen LogP contribution in [0.15, 0.2) is 42.5 Å². The van der Waals surface area contributed by atoms with E-state index < -0.39 is 47.0 Å². The van der Waals surface area contributed by atoms with Crippen LogP contribution in [0.3, 0.4) is 0 Å². The van der Waals surface area contributed by atoms with Crippen LogP contribution in [-0.2, 0) is 31.1 Å².